The number of hydrogen-bond donors (Lipinski definition) is 2. The van der Waals surface area contributed by atoms with Crippen molar-refractivity contribution >= 4 is 23.4 Å². The van der Waals surface area contributed by atoms with Crippen LogP contribution in [0, 0.1) is 5.82 Å². The van der Waals surface area contributed by atoms with Gasteiger partial charge in [-0.3, -0.25) is 9.48 Å². The maximum Gasteiger partial charge on any atom is 0.434 e. The van der Waals surface area contributed by atoms with Gasteiger partial charge in [0, 0.05) is 31.1 Å². The van der Waals surface area contributed by atoms with Crippen molar-refractivity contribution in [2.45, 2.75) is 37.0 Å². The molecule has 3 heterocycles. The minimum atomic E-state index is -4.90. The molecule has 0 saturated heterocycles. The Labute approximate surface area is 220 Å². The summed E-state index contributed by atoms with van der Waals surface area (Å²) in [4.78, 5) is 19.8. The quantitative estimate of drug-likeness (QED) is 0.281. The zero-order chi connectivity index (χ0) is 28.9. The fourth-order valence-electron chi connectivity index (χ4n) is 4.06. The number of rotatable bonds is 7. The molecule has 1 aliphatic carbocycles. The molecule has 1 saturated carbocycles. The highest BCUT2D eigenvalue weighted by Crippen LogP contribution is 2.59. The first-order valence-corrected chi connectivity index (χ1v) is 11.6. The van der Waals surface area contributed by atoms with E-state index in [-0.39, 0.29) is 35.7 Å². The van der Waals surface area contributed by atoms with Gasteiger partial charge in [-0.15, -0.1) is 0 Å². The molecule has 0 unspecified atom stereocenters. The van der Waals surface area contributed by atoms with Gasteiger partial charge in [0.05, 0.1) is 18.3 Å². The molecule has 9 nitrogen and oxygen atoms in total. The van der Waals surface area contributed by atoms with Crippen molar-refractivity contribution in [3.63, 3.8) is 0 Å². The van der Waals surface area contributed by atoms with E-state index in [4.69, 9.17) is 4.52 Å². The molecule has 3 aromatic heterocycles. The van der Waals surface area contributed by atoms with E-state index < -0.39 is 52.9 Å². The zero-order valence-corrected chi connectivity index (χ0v) is 20.4. The van der Waals surface area contributed by atoms with Crippen LogP contribution in [0.1, 0.15) is 29.9 Å². The normalized spacial score (nSPS) is 14.7. The van der Waals surface area contributed by atoms with E-state index in [2.05, 4.69) is 30.9 Å². The van der Waals surface area contributed by atoms with Crippen LogP contribution in [0.3, 0.4) is 0 Å². The number of nitrogens with zero attached hydrogens (tertiary/aromatic N) is 5. The predicted octanol–water partition coefficient (Wildman–Crippen LogP) is 5.54. The Hall–Kier alpha value is -4.50. The lowest BCUT2D eigenvalue weighted by Gasteiger charge is -2.15. The molecule has 0 spiro atoms. The Morgan fingerprint density at radius 1 is 1.12 bits per heavy atom. The molecule has 16 heteroatoms. The van der Waals surface area contributed by atoms with Gasteiger partial charge in [0.2, 0.25) is 11.9 Å². The molecular formula is C24H18F7N7O2. The molecule has 4 aromatic rings. The number of alkyl halides is 6. The lowest BCUT2D eigenvalue weighted by Crippen LogP contribution is -2.28. The molecule has 0 bridgehead atoms. The van der Waals surface area contributed by atoms with E-state index >= 15 is 0 Å². The third-order valence-corrected chi connectivity index (χ3v) is 6.28. The van der Waals surface area contributed by atoms with Gasteiger partial charge in [0.15, 0.2) is 17.3 Å². The molecule has 40 heavy (non-hydrogen) atoms. The minimum absolute atomic E-state index is 0.165. The average Bonchev–Trinajstić information content (AvgIpc) is 3.41. The summed E-state index contributed by atoms with van der Waals surface area (Å²) in [7, 11) is 1.61. The fraction of sp³-hybridized carbons (Fsp3) is 0.292. The van der Waals surface area contributed by atoms with Crippen molar-refractivity contribution < 1.29 is 40.1 Å². The zero-order valence-electron chi connectivity index (χ0n) is 20.4. The monoisotopic (exact) mass is 569 g/mol. The highest BCUT2D eigenvalue weighted by Gasteiger charge is 2.66. The first-order valence-electron chi connectivity index (χ1n) is 11.6. The number of anilines is 3. The van der Waals surface area contributed by atoms with Crippen LogP contribution in [-0.4, -0.2) is 37.0 Å². The Bertz CT molecular complexity index is 1570. The third kappa shape index (κ3) is 5.33. The van der Waals surface area contributed by atoms with Crippen LogP contribution in [-0.2, 0) is 29.9 Å². The lowest BCUT2D eigenvalue weighted by atomic mass is 10.0. The molecule has 1 aromatic carbocycles. The summed E-state index contributed by atoms with van der Waals surface area (Å²) in [5, 5.41) is 12.2. The van der Waals surface area contributed by atoms with Crippen LogP contribution < -0.4 is 10.6 Å². The van der Waals surface area contributed by atoms with Crippen molar-refractivity contribution in [3.05, 3.63) is 65.7 Å². The lowest BCUT2D eigenvalue weighted by molar-refractivity contribution is -0.165. The molecular weight excluding hydrogens is 551 g/mol. The third-order valence-electron chi connectivity index (χ3n) is 6.28. The molecule has 1 amide bonds. The maximum absolute atomic E-state index is 14.8. The summed E-state index contributed by atoms with van der Waals surface area (Å²) >= 11 is 0. The molecule has 1 fully saturated rings. The number of hydrogen-bond acceptors (Lipinski definition) is 7. The number of amides is 1. The summed E-state index contributed by atoms with van der Waals surface area (Å²) in [6, 6.07) is 4.05. The SMILES string of the molecule is Cn1cc(Nc2ncc(-c3ccc(CC(=O)Nc4cc(C5(C(F)(F)F)CC5)on4)c(F)c3)c(C(F)(F)F)n2)cn1. The van der Waals surface area contributed by atoms with Gasteiger partial charge in [-0.25, -0.2) is 14.4 Å². The van der Waals surface area contributed by atoms with E-state index in [1.165, 1.54) is 23.1 Å². The second-order valence-electron chi connectivity index (χ2n) is 9.17. The summed E-state index contributed by atoms with van der Waals surface area (Å²) < 4.78 is 102. The molecule has 5 rings (SSSR count). The highest BCUT2D eigenvalue weighted by atomic mass is 19.4. The Balaban J connectivity index is 1.31. The minimum Gasteiger partial charge on any atom is -0.358 e. The van der Waals surface area contributed by atoms with Gasteiger partial charge in [0.1, 0.15) is 11.2 Å². The van der Waals surface area contributed by atoms with Crippen LogP contribution in [0.4, 0.5) is 48.2 Å². The van der Waals surface area contributed by atoms with Crippen LogP contribution in [0.25, 0.3) is 11.1 Å². The van der Waals surface area contributed by atoms with Crippen LogP contribution in [0.15, 0.2) is 47.4 Å². The first kappa shape index (κ1) is 27.1. The second-order valence-corrected chi connectivity index (χ2v) is 9.17. The maximum atomic E-state index is 14.8. The molecule has 0 aliphatic heterocycles. The highest BCUT2D eigenvalue weighted by molar-refractivity contribution is 5.91. The Kier molecular flexibility index (Phi) is 6.50. The average molecular weight is 569 g/mol. The van der Waals surface area contributed by atoms with E-state index in [1.807, 2.05) is 0 Å². The largest absolute Gasteiger partial charge is 0.434 e. The topological polar surface area (TPSA) is 111 Å². The van der Waals surface area contributed by atoms with Gasteiger partial charge in [0.25, 0.3) is 0 Å². The predicted molar refractivity (Wildman–Crippen MR) is 125 cm³/mol. The number of aryl methyl sites for hydroxylation is 1. The summed E-state index contributed by atoms with van der Waals surface area (Å²) in [6.45, 7) is 0. The number of halogens is 7. The molecule has 1 aliphatic rings. The second kappa shape index (κ2) is 9.60. The standard InChI is InChI=1S/C24H18F7N7O2/c1-38-11-14(9-33-38)34-21-32-10-15(20(36-21)23(26,27)28)12-2-3-13(16(25)6-12)7-19(39)35-18-8-17(40-37-18)22(4-5-22)24(29,30)31/h2-3,6,8-11H,4-5,7H2,1H3,(H,32,34,36)(H,35,37,39). The molecule has 2 N–H and O–H groups in total. The van der Waals surface area contributed by atoms with Crippen LogP contribution in [0.2, 0.25) is 0 Å². The Morgan fingerprint density at radius 3 is 2.48 bits per heavy atom. The van der Waals surface area contributed by atoms with Crippen LogP contribution >= 0.6 is 0 Å². The van der Waals surface area contributed by atoms with Gasteiger partial charge in [-0.05, 0) is 30.0 Å². The van der Waals surface area contributed by atoms with Crippen molar-refractivity contribution in [2.75, 3.05) is 10.6 Å². The van der Waals surface area contributed by atoms with Crippen molar-refractivity contribution in [1.82, 2.24) is 24.9 Å². The van der Waals surface area contributed by atoms with Gasteiger partial charge >= 0.3 is 12.4 Å². The summed E-state index contributed by atoms with van der Waals surface area (Å²) in [6.07, 6.45) is -6.58. The fourth-order valence-corrected chi connectivity index (χ4v) is 4.06. The van der Waals surface area contributed by atoms with Crippen LogP contribution in [0.5, 0.6) is 0 Å². The smallest absolute Gasteiger partial charge is 0.358 e. The van der Waals surface area contributed by atoms with Crippen molar-refractivity contribution in [1.29, 1.82) is 0 Å². The van der Waals surface area contributed by atoms with E-state index in [1.54, 1.807) is 7.05 Å². The summed E-state index contributed by atoms with van der Waals surface area (Å²) in [5.74, 6) is -2.88. The van der Waals surface area contributed by atoms with Crippen molar-refractivity contribution in [3.8, 4) is 11.1 Å². The molecule has 0 radical (unpaired) electrons. The number of carbonyl (C=O) groups is 1. The molecule has 210 valence electrons. The van der Waals surface area contributed by atoms with E-state index in [0.29, 0.717) is 5.69 Å². The number of nitrogens with one attached hydrogen (secondary N) is 2. The summed E-state index contributed by atoms with van der Waals surface area (Å²) in [5.41, 5.74) is -3.95. The number of carbonyl (C=O) groups excluding carboxylic acids is 1. The molecule has 0 atom stereocenters. The van der Waals surface area contributed by atoms with Gasteiger partial charge in [-0.2, -0.15) is 31.4 Å². The van der Waals surface area contributed by atoms with E-state index in [9.17, 15) is 35.5 Å². The Morgan fingerprint density at radius 2 is 1.88 bits per heavy atom. The van der Waals surface area contributed by atoms with Crippen molar-refractivity contribution in [2.24, 2.45) is 7.05 Å². The van der Waals surface area contributed by atoms with Gasteiger partial charge in [-0.1, -0.05) is 17.3 Å². The number of aromatic nitrogens is 5. The van der Waals surface area contributed by atoms with Gasteiger partial charge < -0.3 is 15.2 Å². The number of benzene rings is 1. The van der Waals surface area contributed by atoms with E-state index in [0.717, 1.165) is 24.4 Å². The first-order chi connectivity index (χ1) is 18.7.